The van der Waals surface area contributed by atoms with E-state index >= 15 is 0 Å². The largest absolute Gasteiger partial charge is 0.316 e. The molecule has 106 valence electrons. The molecule has 0 spiro atoms. The molecular weight excluding hydrogens is 242 g/mol. The van der Waals surface area contributed by atoms with Gasteiger partial charge in [0.2, 0.25) is 0 Å². The summed E-state index contributed by atoms with van der Waals surface area (Å²) in [7, 11) is 2.08. The number of benzene rings is 2. The third-order valence-corrected chi connectivity index (χ3v) is 3.98. The van der Waals surface area contributed by atoms with Gasteiger partial charge in [-0.05, 0) is 31.0 Å². The highest BCUT2D eigenvalue weighted by Gasteiger charge is 2.21. The van der Waals surface area contributed by atoms with Crippen molar-refractivity contribution < 1.29 is 0 Å². The van der Waals surface area contributed by atoms with Gasteiger partial charge in [0, 0.05) is 12.0 Å². The van der Waals surface area contributed by atoms with E-state index in [9.17, 15) is 0 Å². The van der Waals surface area contributed by atoms with Crippen LogP contribution >= 0.6 is 0 Å². The maximum atomic E-state index is 3.52. The van der Waals surface area contributed by atoms with Crippen molar-refractivity contribution in [3.63, 3.8) is 0 Å². The lowest BCUT2D eigenvalue weighted by Crippen LogP contribution is -2.33. The third-order valence-electron chi connectivity index (χ3n) is 3.98. The van der Waals surface area contributed by atoms with Gasteiger partial charge < -0.3 is 5.32 Å². The molecule has 0 aromatic heterocycles. The molecule has 0 amide bonds. The first-order valence-corrected chi connectivity index (χ1v) is 7.61. The van der Waals surface area contributed by atoms with E-state index < -0.39 is 0 Å². The molecule has 0 aliphatic carbocycles. The summed E-state index contributed by atoms with van der Waals surface area (Å²) in [6.45, 7) is 2.26. The molecular formula is C19H25N. The van der Waals surface area contributed by atoms with Crippen LogP contribution in [0.5, 0.6) is 0 Å². The minimum absolute atomic E-state index is 0.530. The molecule has 0 radical (unpaired) electrons. The Balaban J connectivity index is 2.24. The lowest BCUT2D eigenvalue weighted by molar-refractivity contribution is 0.428. The minimum atomic E-state index is 0.530. The molecule has 0 heterocycles. The van der Waals surface area contributed by atoms with Gasteiger partial charge in [-0.3, -0.25) is 0 Å². The van der Waals surface area contributed by atoms with Gasteiger partial charge in [0.1, 0.15) is 0 Å². The van der Waals surface area contributed by atoms with Crippen LogP contribution in [0.1, 0.15) is 36.8 Å². The molecule has 1 nitrogen and oxygen atoms in total. The van der Waals surface area contributed by atoms with E-state index in [-0.39, 0.29) is 0 Å². The molecule has 2 rings (SSSR count). The van der Waals surface area contributed by atoms with Gasteiger partial charge in [0.05, 0.1) is 0 Å². The molecule has 0 aliphatic rings. The fourth-order valence-electron chi connectivity index (χ4n) is 2.92. The molecule has 20 heavy (non-hydrogen) atoms. The summed E-state index contributed by atoms with van der Waals surface area (Å²) in [6, 6.07) is 22.2. The van der Waals surface area contributed by atoms with Crippen molar-refractivity contribution in [1.29, 1.82) is 0 Å². The van der Waals surface area contributed by atoms with Gasteiger partial charge in [-0.1, -0.05) is 74.0 Å². The van der Waals surface area contributed by atoms with Crippen molar-refractivity contribution in [2.24, 2.45) is 0 Å². The van der Waals surface area contributed by atoms with E-state index in [1.54, 1.807) is 0 Å². The van der Waals surface area contributed by atoms with Crippen molar-refractivity contribution >= 4 is 0 Å². The van der Waals surface area contributed by atoms with Crippen molar-refractivity contribution in [2.75, 3.05) is 7.05 Å². The van der Waals surface area contributed by atoms with Gasteiger partial charge in [0.15, 0.2) is 0 Å². The molecule has 2 atom stereocenters. The SMILES string of the molecule is CCCC(NC)C(Cc1ccccc1)c1ccccc1. The molecule has 1 N–H and O–H groups in total. The Bertz CT molecular complexity index is 478. The standard InChI is InChI=1S/C19H25N/c1-3-10-19(20-2)18(17-13-8-5-9-14-17)15-16-11-6-4-7-12-16/h4-9,11-14,18-20H,3,10,15H2,1-2H3. The first-order valence-electron chi connectivity index (χ1n) is 7.61. The molecule has 0 aliphatic heterocycles. The van der Waals surface area contributed by atoms with Gasteiger partial charge in [-0.15, -0.1) is 0 Å². The molecule has 2 aromatic rings. The van der Waals surface area contributed by atoms with Crippen LogP contribution in [0.3, 0.4) is 0 Å². The van der Waals surface area contributed by atoms with E-state index in [0.717, 1.165) is 6.42 Å². The summed E-state index contributed by atoms with van der Waals surface area (Å²) in [4.78, 5) is 0. The quantitative estimate of drug-likeness (QED) is 0.784. The summed E-state index contributed by atoms with van der Waals surface area (Å²) >= 11 is 0. The van der Waals surface area contributed by atoms with Gasteiger partial charge in [0.25, 0.3) is 0 Å². The highest BCUT2D eigenvalue weighted by Crippen LogP contribution is 2.26. The predicted octanol–water partition coefficient (Wildman–Crippen LogP) is 4.40. The zero-order valence-electron chi connectivity index (χ0n) is 12.5. The van der Waals surface area contributed by atoms with E-state index in [1.807, 2.05) is 0 Å². The van der Waals surface area contributed by atoms with Crippen LogP contribution in [-0.4, -0.2) is 13.1 Å². The average molecular weight is 267 g/mol. The van der Waals surface area contributed by atoms with Gasteiger partial charge >= 0.3 is 0 Å². The topological polar surface area (TPSA) is 12.0 Å². The summed E-state index contributed by atoms with van der Waals surface area (Å²) < 4.78 is 0. The molecule has 2 unspecified atom stereocenters. The third kappa shape index (κ3) is 3.94. The summed E-state index contributed by atoms with van der Waals surface area (Å²) in [5.74, 6) is 0.531. The Morgan fingerprint density at radius 1 is 0.900 bits per heavy atom. The second-order valence-electron chi connectivity index (χ2n) is 5.39. The van der Waals surface area contributed by atoms with Crippen LogP contribution in [0.25, 0.3) is 0 Å². The van der Waals surface area contributed by atoms with Crippen LogP contribution < -0.4 is 5.32 Å². The number of nitrogens with one attached hydrogen (secondary N) is 1. The highest BCUT2D eigenvalue weighted by molar-refractivity contribution is 5.26. The fraction of sp³-hybridized carbons (Fsp3) is 0.368. The lowest BCUT2D eigenvalue weighted by Gasteiger charge is -2.27. The van der Waals surface area contributed by atoms with Crippen molar-refractivity contribution in [1.82, 2.24) is 5.32 Å². The molecule has 2 aromatic carbocycles. The smallest absolute Gasteiger partial charge is 0.0136 e. The first kappa shape index (κ1) is 14.8. The predicted molar refractivity (Wildman–Crippen MR) is 87.1 cm³/mol. The zero-order chi connectivity index (χ0) is 14.2. The lowest BCUT2D eigenvalue weighted by atomic mass is 9.84. The van der Waals surface area contributed by atoms with Gasteiger partial charge in [-0.25, -0.2) is 0 Å². The highest BCUT2D eigenvalue weighted by atomic mass is 14.9. The van der Waals surface area contributed by atoms with Crippen LogP contribution in [0, 0.1) is 0 Å². The summed E-state index contributed by atoms with van der Waals surface area (Å²) in [5, 5.41) is 3.52. The number of rotatable bonds is 7. The second kappa shape index (κ2) is 7.86. The van der Waals surface area contributed by atoms with E-state index in [2.05, 4.69) is 80.0 Å². The van der Waals surface area contributed by atoms with Crippen molar-refractivity contribution in [3.05, 3.63) is 71.8 Å². The Hall–Kier alpha value is -1.60. The molecule has 0 bridgehead atoms. The fourth-order valence-corrected chi connectivity index (χ4v) is 2.92. The van der Waals surface area contributed by atoms with Crippen LogP contribution in [-0.2, 0) is 6.42 Å². The second-order valence-corrected chi connectivity index (χ2v) is 5.39. The normalized spacial score (nSPS) is 13.9. The first-order chi connectivity index (χ1) is 9.85. The summed E-state index contributed by atoms with van der Waals surface area (Å²) in [5.41, 5.74) is 2.85. The van der Waals surface area contributed by atoms with Crippen LogP contribution in [0.2, 0.25) is 0 Å². The summed E-state index contributed by atoms with van der Waals surface area (Å²) in [6.07, 6.45) is 3.52. The van der Waals surface area contributed by atoms with Crippen molar-refractivity contribution in [2.45, 2.75) is 38.1 Å². The van der Waals surface area contributed by atoms with E-state index in [4.69, 9.17) is 0 Å². The molecule has 1 heteroatoms. The number of likely N-dealkylation sites (N-methyl/N-ethyl adjacent to an activating group) is 1. The maximum absolute atomic E-state index is 3.52. The minimum Gasteiger partial charge on any atom is -0.316 e. The number of hydrogen-bond donors (Lipinski definition) is 1. The Kier molecular flexibility index (Phi) is 5.82. The number of hydrogen-bond acceptors (Lipinski definition) is 1. The molecule has 0 saturated heterocycles. The Morgan fingerprint density at radius 2 is 1.50 bits per heavy atom. The van der Waals surface area contributed by atoms with Crippen molar-refractivity contribution in [3.8, 4) is 0 Å². The van der Waals surface area contributed by atoms with Gasteiger partial charge in [-0.2, -0.15) is 0 Å². The Morgan fingerprint density at radius 3 is 2.05 bits per heavy atom. The van der Waals surface area contributed by atoms with Crippen LogP contribution in [0.4, 0.5) is 0 Å². The van der Waals surface area contributed by atoms with Crippen LogP contribution in [0.15, 0.2) is 60.7 Å². The Labute approximate surface area is 123 Å². The monoisotopic (exact) mass is 267 g/mol. The van der Waals surface area contributed by atoms with E-state index in [1.165, 1.54) is 24.0 Å². The van der Waals surface area contributed by atoms with E-state index in [0.29, 0.717) is 12.0 Å². The average Bonchev–Trinajstić information content (AvgIpc) is 2.52. The maximum Gasteiger partial charge on any atom is 0.0136 e. The molecule has 0 saturated carbocycles. The molecule has 0 fully saturated rings. The zero-order valence-corrected chi connectivity index (χ0v) is 12.5.